The number of nitrogens with one attached hydrogen (secondary N) is 1. The third kappa shape index (κ3) is 5.69. The lowest BCUT2D eigenvalue weighted by molar-refractivity contribution is -0.115. The fraction of sp³-hybridized carbons (Fsp3) is 0.310. The third-order valence-electron chi connectivity index (χ3n) is 7.05. The number of halogens is 1. The zero-order chi connectivity index (χ0) is 27.5. The molecule has 1 N–H and O–H groups in total. The second-order valence-electron chi connectivity index (χ2n) is 9.82. The highest BCUT2D eigenvalue weighted by Crippen LogP contribution is 2.26. The number of nitrogens with zero attached hydrogens (tertiary/aromatic N) is 5. The van der Waals surface area contributed by atoms with Crippen molar-refractivity contribution in [2.45, 2.75) is 39.2 Å². The number of hydrogen-bond acceptors (Lipinski definition) is 5. The monoisotopic (exact) mass is 530 g/mol. The molecular formula is C29H31FN6O3. The summed E-state index contributed by atoms with van der Waals surface area (Å²) in [4.78, 5) is 27.5. The number of likely N-dealkylation sites (tertiary alicyclic amines) is 1. The van der Waals surface area contributed by atoms with Gasteiger partial charge < -0.3 is 15.0 Å². The summed E-state index contributed by atoms with van der Waals surface area (Å²) in [5, 5.41) is 11.7. The van der Waals surface area contributed by atoms with Gasteiger partial charge in [0, 0.05) is 25.4 Å². The number of hydrogen-bond donors (Lipinski definition) is 1. The van der Waals surface area contributed by atoms with Crippen LogP contribution in [0.15, 0.2) is 60.9 Å². The molecule has 0 bridgehead atoms. The average Bonchev–Trinajstić information content (AvgIpc) is 3.58. The molecule has 4 aromatic rings. The van der Waals surface area contributed by atoms with Gasteiger partial charge in [0.15, 0.2) is 5.69 Å². The van der Waals surface area contributed by atoms with E-state index >= 15 is 0 Å². The number of methoxy groups -OCH3 is 1. The van der Waals surface area contributed by atoms with Crippen LogP contribution in [0.2, 0.25) is 0 Å². The Kier molecular flexibility index (Phi) is 7.44. The van der Waals surface area contributed by atoms with E-state index in [1.165, 1.54) is 23.9 Å². The molecule has 1 fully saturated rings. The van der Waals surface area contributed by atoms with E-state index in [0.29, 0.717) is 38.0 Å². The summed E-state index contributed by atoms with van der Waals surface area (Å²) in [6.45, 7) is 5.06. The number of para-hydroxylation sites is 1. The molecule has 10 heteroatoms. The predicted octanol–water partition coefficient (Wildman–Crippen LogP) is 4.49. The van der Waals surface area contributed by atoms with E-state index in [0.717, 1.165) is 16.7 Å². The van der Waals surface area contributed by atoms with Gasteiger partial charge in [0.25, 0.3) is 5.91 Å². The molecule has 0 atom stereocenters. The fourth-order valence-electron chi connectivity index (χ4n) is 4.88. The number of benzene rings is 2. The first-order valence-electron chi connectivity index (χ1n) is 12.9. The smallest absolute Gasteiger partial charge is 0.274 e. The van der Waals surface area contributed by atoms with Gasteiger partial charge in [-0.2, -0.15) is 14.9 Å². The number of aryl methyl sites for hydroxylation is 2. The molecule has 0 saturated carbocycles. The van der Waals surface area contributed by atoms with E-state index < -0.39 is 5.82 Å². The van der Waals surface area contributed by atoms with E-state index in [1.54, 1.807) is 29.3 Å². The molecule has 5 rings (SSSR count). The van der Waals surface area contributed by atoms with Crippen LogP contribution in [0.25, 0.3) is 5.69 Å². The van der Waals surface area contributed by atoms with Crippen molar-refractivity contribution in [3.8, 4) is 11.6 Å². The predicted molar refractivity (Wildman–Crippen MR) is 145 cm³/mol. The maximum Gasteiger partial charge on any atom is 0.274 e. The molecule has 1 saturated heterocycles. The second-order valence-corrected chi connectivity index (χ2v) is 9.82. The number of carbonyl (C=O) groups excluding carboxylic acids is 2. The summed E-state index contributed by atoms with van der Waals surface area (Å²) in [7, 11) is 1.46. The number of carbonyl (C=O) groups is 2. The van der Waals surface area contributed by atoms with Gasteiger partial charge >= 0.3 is 0 Å². The second kappa shape index (κ2) is 11.1. The van der Waals surface area contributed by atoms with Crippen LogP contribution in [-0.4, -0.2) is 56.5 Å². The first-order chi connectivity index (χ1) is 18.8. The Hall–Kier alpha value is -4.47. The highest BCUT2D eigenvalue weighted by Gasteiger charge is 2.28. The van der Waals surface area contributed by atoms with Crippen LogP contribution in [0.3, 0.4) is 0 Å². The van der Waals surface area contributed by atoms with Crippen LogP contribution >= 0.6 is 0 Å². The van der Waals surface area contributed by atoms with E-state index in [4.69, 9.17) is 4.74 Å². The molecule has 0 unspecified atom stereocenters. The van der Waals surface area contributed by atoms with Crippen LogP contribution in [0, 0.1) is 19.7 Å². The Bertz CT molecular complexity index is 1500. The van der Waals surface area contributed by atoms with Crippen LogP contribution < -0.4 is 10.1 Å². The summed E-state index contributed by atoms with van der Waals surface area (Å²) in [5.74, 6) is -0.503. The van der Waals surface area contributed by atoms with Gasteiger partial charge in [0.05, 0.1) is 31.5 Å². The Labute approximate surface area is 226 Å². The van der Waals surface area contributed by atoms with E-state index in [9.17, 15) is 14.0 Å². The van der Waals surface area contributed by atoms with Crippen molar-refractivity contribution in [3.05, 3.63) is 89.1 Å². The Morgan fingerprint density at radius 2 is 1.87 bits per heavy atom. The Balaban J connectivity index is 1.19. The lowest BCUT2D eigenvalue weighted by Gasteiger charge is -2.31. The lowest BCUT2D eigenvalue weighted by atomic mass is 10.0. The molecule has 1 aliphatic heterocycles. The molecule has 2 aromatic heterocycles. The molecule has 2 amide bonds. The van der Waals surface area contributed by atoms with Gasteiger partial charge in [0.2, 0.25) is 11.8 Å². The van der Waals surface area contributed by atoms with Crippen molar-refractivity contribution in [2.75, 3.05) is 25.5 Å². The summed E-state index contributed by atoms with van der Waals surface area (Å²) in [5.41, 5.74) is 4.27. The van der Waals surface area contributed by atoms with Gasteiger partial charge in [-0.25, -0.2) is 4.39 Å². The standard InChI is InChI=1S/C29H31FN6O3/c1-19-8-9-20(2)21(14-19)15-27(37)32-22-17-31-35(18-22)23-10-12-34(13-11-23)29(38)25-16-28(39-3)36(33-25)26-7-5-4-6-24(26)30/h4-9,14,16-18,23H,10-13,15H2,1-3H3,(H,32,37). The topological polar surface area (TPSA) is 94.3 Å². The molecule has 39 heavy (non-hydrogen) atoms. The molecule has 0 aliphatic carbocycles. The fourth-order valence-corrected chi connectivity index (χ4v) is 4.88. The molecule has 202 valence electrons. The van der Waals surface area contributed by atoms with Crippen molar-refractivity contribution in [1.29, 1.82) is 0 Å². The van der Waals surface area contributed by atoms with Crippen molar-refractivity contribution >= 4 is 17.5 Å². The average molecular weight is 531 g/mol. The number of aromatic nitrogens is 4. The Morgan fingerprint density at radius 3 is 2.62 bits per heavy atom. The molecule has 0 spiro atoms. The van der Waals surface area contributed by atoms with Crippen molar-refractivity contribution in [1.82, 2.24) is 24.5 Å². The molecular weight excluding hydrogens is 499 g/mol. The van der Waals surface area contributed by atoms with E-state index in [1.807, 2.05) is 42.9 Å². The number of ether oxygens (including phenoxy) is 1. The molecule has 2 aromatic carbocycles. The van der Waals surface area contributed by atoms with Crippen LogP contribution in [0.5, 0.6) is 5.88 Å². The Morgan fingerprint density at radius 1 is 1.10 bits per heavy atom. The number of anilines is 1. The molecule has 0 radical (unpaired) electrons. The molecule has 9 nitrogen and oxygen atoms in total. The number of rotatable bonds is 7. The minimum absolute atomic E-state index is 0.0890. The van der Waals surface area contributed by atoms with Gasteiger partial charge in [0.1, 0.15) is 11.5 Å². The quantitative estimate of drug-likeness (QED) is 0.380. The van der Waals surface area contributed by atoms with Gasteiger partial charge in [-0.1, -0.05) is 35.9 Å². The SMILES string of the molecule is COc1cc(C(=O)N2CCC(n3cc(NC(=O)Cc4cc(C)ccc4C)cn3)CC2)nn1-c1ccccc1F. The van der Waals surface area contributed by atoms with Crippen molar-refractivity contribution in [2.24, 2.45) is 0 Å². The summed E-state index contributed by atoms with van der Waals surface area (Å²) < 4.78 is 22.8. The highest BCUT2D eigenvalue weighted by molar-refractivity contribution is 5.93. The number of piperidine rings is 1. The van der Waals surface area contributed by atoms with Gasteiger partial charge in [-0.3, -0.25) is 14.3 Å². The largest absolute Gasteiger partial charge is 0.481 e. The minimum atomic E-state index is -0.459. The maximum atomic E-state index is 14.3. The van der Waals surface area contributed by atoms with Crippen molar-refractivity contribution < 1.29 is 18.7 Å². The van der Waals surface area contributed by atoms with E-state index in [-0.39, 0.29) is 35.1 Å². The van der Waals surface area contributed by atoms with Crippen molar-refractivity contribution in [3.63, 3.8) is 0 Å². The van der Waals surface area contributed by atoms with Crippen LogP contribution in [-0.2, 0) is 11.2 Å². The maximum absolute atomic E-state index is 14.3. The molecule has 3 heterocycles. The van der Waals surface area contributed by atoms with Crippen LogP contribution in [0.4, 0.5) is 10.1 Å². The van der Waals surface area contributed by atoms with Gasteiger partial charge in [-0.05, 0) is 49.9 Å². The third-order valence-corrected chi connectivity index (χ3v) is 7.05. The zero-order valence-electron chi connectivity index (χ0n) is 22.2. The number of amides is 2. The van der Waals surface area contributed by atoms with E-state index in [2.05, 4.69) is 15.5 Å². The first-order valence-corrected chi connectivity index (χ1v) is 12.9. The lowest BCUT2D eigenvalue weighted by Crippen LogP contribution is -2.39. The highest BCUT2D eigenvalue weighted by atomic mass is 19.1. The minimum Gasteiger partial charge on any atom is -0.481 e. The summed E-state index contributed by atoms with van der Waals surface area (Å²) in [6.07, 6.45) is 5.20. The summed E-state index contributed by atoms with van der Waals surface area (Å²) in [6, 6.07) is 13.9. The molecule has 1 aliphatic rings. The van der Waals surface area contributed by atoms with Crippen LogP contribution in [0.1, 0.15) is 46.1 Å². The summed E-state index contributed by atoms with van der Waals surface area (Å²) >= 11 is 0. The normalized spacial score (nSPS) is 13.9. The first kappa shape index (κ1) is 26.1. The zero-order valence-corrected chi connectivity index (χ0v) is 22.2. The van der Waals surface area contributed by atoms with Gasteiger partial charge in [-0.15, -0.1) is 0 Å².